The molecular formula is C34H33F3N6O4. The summed E-state index contributed by atoms with van der Waals surface area (Å²) >= 11 is 0. The number of rotatable bonds is 6. The summed E-state index contributed by atoms with van der Waals surface area (Å²) in [5.41, 5.74) is 0.0544. The van der Waals surface area contributed by atoms with Crippen molar-refractivity contribution >= 4 is 23.4 Å². The van der Waals surface area contributed by atoms with Gasteiger partial charge in [0.05, 0.1) is 24.4 Å². The third-order valence-corrected chi connectivity index (χ3v) is 8.61. The van der Waals surface area contributed by atoms with Crippen LogP contribution in [0.15, 0.2) is 67.0 Å². The van der Waals surface area contributed by atoms with Crippen molar-refractivity contribution in [1.29, 1.82) is 0 Å². The van der Waals surface area contributed by atoms with Crippen molar-refractivity contribution in [2.45, 2.75) is 37.9 Å². The number of aromatic nitrogens is 3. The van der Waals surface area contributed by atoms with Crippen molar-refractivity contribution in [3.05, 3.63) is 101 Å². The molecule has 2 aliphatic rings. The zero-order chi connectivity index (χ0) is 33.5. The van der Waals surface area contributed by atoms with Crippen LogP contribution in [0.1, 0.15) is 73.3 Å². The van der Waals surface area contributed by atoms with Crippen molar-refractivity contribution in [2.24, 2.45) is 0 Å². The predicted octanol–water partition coefficient (Wildman–Crippen LogP) is 5.57. The number of carbonyl (C=O) groups is 3. The number of hydrogen-bond acceptors (Lipinski definition) is 6. The van der Waals surface area contributed by atoms with Crippen molar-refractivity contribution in [2.75, 3.05) is 39.2 Å². The summed E-state index contributed by atoms with van der Waals surface area (Å²) in [5, 5.41) is 3.96. The predicted molar refractivity (Wildman–Crippen MR) is 167 cm³/mol. The lowest BCUT2D eigenvalue weighted by Crippen LogP contribution is -2.40. The minimum Gasteiger partial charge on any atom is -0.497 e. The second-order valence-electron chi connectivity index (χ2n) is 11.7. The molecule has 1 saturated heterocycles. The van der Waals surface area contributed by atoms with Gasteiger partial charge in [0, 0.05) is 56.4 Å². The molecule has 1 atom stereocenters. The zero-order valence-electron chi connectivity index (χ0n) is 26.1. The van der Waals surface area contributed by atoms with Crippen LogP contribution in [0.5, 0.6) is 5.75 Å². The lowest BCUT2D eigenvalue weighted by atomic mass is 9.95. The molecule has 2 aromatic heterocycles. The average molecular weight is 647 g/mol. The monoisotopic (exact) mass is 646 g/mol. The van der Waals surface area contributed by atoms with Crippen LogP contribution in [0, 0.1) is 0 Å². The molecule has 244 valence electrons. The molecule has 1 fully saturated rings. The summed E-state index contributed by atoms with van der Waals surface area (Å²) in [7, 11) is 4.67. The molecule has 3 amide bonds. The molecule has 10 nitrogen and oxygen atoms in total. The van der Waals surface area contributed by atoms with E-state index < -0.39 is 23.7 Å². The second-order valence-corrected chi connectivity index (χ2v) is 11.7. The standard InChI is InChI=1S/C34H33F3N6O4/c1-40(2)31(44)21-9-11-23(12-10-21)41-18-15-25-29(33(41)46)43(39-30(25)34(35,36)37)28-14-13-24(47-3)19-26(28)32(45)42-17-5-4-8-27(42)22-7-6-16-38-20-22/h6-7,9-14,16,19-20,27H,4-5,8,15,17-18H2,1-3H3. The van der Waals surface area contributed by atoms with Crippen LogP contribution in [0.25, 0.3) is 5.69 Å². The van der Waals surface area contributed by atoms with Gasteiger partial charge in [-0.05, 0) is 79.8 Å². The minimum absolute atomic E-state index is 0.0280. The van der Waals surface area contributed by atoms with E-state index in [0.29, 0.717) is 30.0 Å². The van der Waals surface area contributed by atoms with E-state index in [9.17, 15) is 27.6 Å². The Morgan fingerprint density at radius 2 is 1.79 bits per heavy atom. The Balaban J connectivity index is 1.46. The fourth-order valence-electron chi connectivity index (χ4n) is 6.30. The highest BCUT2D eigenvalue weighted by atomic mass is 19.4. The molecule has 2 aromatic carbocycles. The minimum atomic E-state index is -4.85. The van der Waals surface area contributed by atoms with Crippen LogP contribution < -0.4 is 9.64 Å². The number of nitrogens with zero attached hydrogens (tertiary/aromatic N) is 6. The SMILES string of the molecule is COc1ccc(-n2nc(C(F)(F)F)c3c2C(=O)N(c2ccc(C(=O)N(C)C)cc2)CC3)c(C(=O)N2CCCCC2c2cccnc2)c1. The van der Waals surface area contributed by atoms with Crippen molar-refractivity contribution < 1.29 is 32.3 Å². The number of piperidine rings is 1. The third-order valence-electron chi connectivity index (χ3n) is 8.61. The number of ether oxygens (including phenoxy) is 1. The molecule has 0 aliphatic carbocycles. The zero-order valence-corrected chi connectivity index (χ0v) is 26.1. The Hall–Kier alpha value is -5.20. The maximum atomic E-state index is 14.4. The molecule has 0 saturated carbocycles. The number of halogens is 3. The van der Waals surface area contributed by atoms with Crippen molar-refractivity contribution in [3.8, 4) is 11.4 Å². The molecule has 0 bridgehead atoms. The van der Waals surface area contributed by atoms with Gasteiger partial charge in [-0.25, -0.2) is 4.68 Å². The lowest BCUT2D eigenvalue weighted by molar-refractivity contribution is -0.141. The quantitative estimate of drug-likeness (QED) is 0.272. The van der Waals surface area contributed by atoms with E-state index in [4.69, 9.17) is 4.74 Å². The second kappa shape index (κ2) is 12.5. The van der Waals surface area contributed by atoms with Gasteiger partial charge in [0.15, 0.2) is 5.69 Å². The number of methoxy groups -OCH3 is 1. The van der Waals surface area contributed by atoms with E-state index in [-0.39, 0.29) is 47.4 Å². The number of likely N-dealkylation sites (tertiary alicyclic amines) is 1. The van der Waals surface area contributed by atoms with Gasteiger partial charge in [0.1, 0.15) is 11.4 Å². The van der Waals surface area contributed by atoms with E-state index >= 15 is 0 Å². The maximum Gasteiger partial charge on any atom is 0.435 e. The van der Waals surface area contributed by atoms with Gasteiger partial charge in [-0.3, -0.25) is 19.4 Å². The first-order chi connectivity index (χ1) is 22.5. The highest BCUT2D eigenvalue weighted by Crippen LogP contribution is 2.39. The summed E-state index contributed by atoms with van der Waals surface area (Å²) in [6.07, 6.45) is 0.727. The first-order valence-corrected chi connectivity index (χ1v) is 15.2. The van der Waals surface area contributed by atoms with Crippen molar-refractivity contribution in [1.82, 2.24) is 24.6 Å². The molecule has 13 heteroatoms. The van der Waals surface area contributed by atoms with Gasteiger partial charge in [0.25, 0.3) is 17.7 Å². The Morgan fingerprint density at radius 3 is 2.45 bits per heavy atom. The summed E-state index contributed by atoms with van der Waals surface area (Å²) in [5.74, 6) is -1.04. The smallest absolute Gasteiger partial charge is 0.435 e. The molecule has 0 radical (unpaired) electrons. The van der Waals surface area contributed by atoms with Gasteiger partial charge >= 0.3 is 6.18 Å². The highest BCUT2D eigenvalue weighted by Gasteiger charge is 2.44. The number of alkyl halides is 3. The molecular weight excluding hydrogens is 613 g/mol. The van der Waals surface area contributed by atoms with E-state index in [1.807, 2.05) is 6.07 Å². The number of fused-ring (bicyclic) bond motifs is 1. The van der Waals surface area contributed by atoms with E-state index in [0.717, 1.165) is 23.1 Å². The highest BCUT2D eigenvalue weighted by molar-refractivity contribution is 6.08. The first kappa shape index (κ1) is 31.8. The van der Waals surface area contributed by atoms with Crippen LogP contribution in [0.3, 0.4) is 0 Å². The van der Waals surface area contributed by atoms with E-state index in [1.54, 1.807) is 61.7 Å². The van der Waals surface area contributed by atoms with Gasteiger partial charge in [-0.2, -0.15) is 18.3 Å². The molecule has 4 heterocycles. The first-order valence-electron chi connectivity index (χ1n) is 15.2. The normalized spacial score (nSPS) is 16.6. The largest absolute Gasteiger partial charge is 0.497 e. The molecule has 1 unspecified atom stereocenters. The topological polar surface area (TPSA) is 101 Å². The Morgan fingerprint density at radius 1 is 1.02 bits per heavy atom. The number of benzene rings is 2. The molecule has 6 rings (SSSR count). The van der Waals surface area contributed by atoms with E-state index in [1.165, 1.54) is 35.1 Å². The van der Waals surface area contributed by atoms with Crippen LogP contribution in [-0.2, 0) is 12.6 Å². The molecule has 0 spiro atoms. The fourth-order valence-corrected chi connectivity index (χ4v) is 6.30. The summed E-state index contributed by atoms with van der Waals surface area (Å²) in [6, 6.07) is 14.1. The molecule has 4 aromatic rings. The number of carbonyl (C=O) groups excluding carboxylic acids is 3. The van der Waals surface area contributed by atoms with Gasteiger partial charge < -0.3 is 19.4 Å². The number of anilines is 1. The van der Waals surface area contributed by atoms with Crippen molar-refractivity contribution in [3.63, 3.8) is 0 Å². The Labute approximate surface area is 269 Å². The van der Waals surface area contributed by atoms with Crippen LogP contribution in [0.4, 0.5) is 18.9 Å². The summed E-state index contributed by atoms with van der Waals surface area (Å²) in [6.45, 7) is 0.398. The molecule has 2 aliphatic heterocycles. The van der Waals surface area contributed by atoms with E-state index in [2.05, 4.69) is 10.1 Å². The molecule has 47 heavy (non-hydrogen) atoms. The summed E-state index contributed by atoms with van der Waals surface area (Å²) in [4.78, 5) is 49.6. The fraction of sp³-hybridized carbons (Fsp3) is 0.324. The Kier molecular flexibility index (Phi) is 8.47. The maximum absolute atomic E-state index is 14.4. The molecule has 0 N–H and O–H groups in total. The van der Waals surface area contributed by atoms with Crippen LogP contribution in [-0.4, -0.2) is 76.6 Å². The van der Waals surface area contributed by atoms with Gasteiger partial charge in [-0.1, -0.05) is 6.07 Å². The average Bonchev–Trinajstić information content (AvgIpc) is 3.49. The van der Waals surface area contributed by atoms with Gasteiger partial charge in [0.2, 0.25) is 0 Å². The number of hydrogen-bond donors (Lipinski definition) is 0. The number of pyridine rings is 1. The van der Waals surface area contributed by atoms with Gasteiger partial charge in [-0.15, -0.1) is 0 Å². The Bertz CT molecular complexity index is 1820. The summed E-state index contributed by atoms with van der Waals surface area (Å²) < 4.78 is 49.6. The number of amides is 3. The van der Waals surface area contributed by atoms with Crippen LogP contribution >= 0.6 is 0 Å². The lowest BCUT2D eigenvalue weighted by Gasteiger charge is -2.36. The third kappa shape index (κ3) is 5.93. The van der Waals surface area contributed by atoms with Crippen LogP contribution in [0.2, 0.25) is 0 Å².